The van der Waals surface area contributed by atoms with Crippen LogP contribution < -0.4 is 14.2 Å². The molecule has 2 atom stereocenters. The van der Waals surface area contributed by atoms with E-state index in [1.165, 1.54) is 32.5 Å². The van der Waals surface area contributed by atoms with E-state index in [2.05, 4.69) is 24.8 Å². The Balaban J connectivity index is 1.50. The SMILES string of the molecule is COc1ncc(-c2cc([C@H]3CC3c3ccc(OC(F)(F)F)cc3)c3ncc(F)n3n2)c(OC)n1. The lowest BCUT2D eigenvalue weighted by Gasteiger charge is -2.11. The van der Waals surface area contributed by atoms with Gasteiger partial charge in [0.2, 0.25) is 11.8 Å². The Morgan fingerprint density at radius 2 is 1.76 bits per heavy atom. The van der Waals surface area contributed by atoms with Crippen LogP contribution >= 0.6 is 0 Å². The van der Waals surface area contributed by atoms with Crippen LogP contribution in [0.15, 0.2) is 42.7 Å². The van der Waals surface area contributed by atoms with E-state index in [9.17, 15) is 17.6 Å². The van der Waals surface area contributed by atoms with Gasteiger partial charge in [0.25, 0.3) is 0 Å². The van der Waals surface area contributed by atoms with Crippen molar-refractivity contribution in [2.24, 2.45) is 0 Å². The number of fused-ring (bicyclic) bond motifs is 1. The number of halogens is 4. The number of imidazole rings is 1. The summed E-state index contributed by atoms with van der Waals surface area (Å²) in [6, 6.07) is 7.63. The molecule has 12 heteroatoms. The maximum Gasteiger partial charge on any atom is 0.573 e. The molecule has 0 N–H and O–H groups in total. The van der Waals surface area contributed by atoms with E-state index in [1.54, 1.807) is 18.2 Å². The highest BCUT2D eigenvalue weighted by Gasteiger charge is 2.42. The van der Waals surface area contributed by atoms with E-state index in [0.29, 0.717) is 23.3 Å². The minimum Gasteiger partial charge on any atom is -0.480 e. The topological polar surface area (TPSA) is 83.7 Å². The van der Waals surface area contributed by atoms with Gasteiger partial charge < -0.3 is 14.2 Å². The lowest BCUT2D eigenvalue weighted by atomic mass is 10.0. The number of rotatable bonds is 6. The van der Waals surface area contributed by atoms with Gasteiger partial charge in [0.05, 0.1) is 31.7 Å². The largest absolute Gasteiger partial charge is 0.573 e. The Morgan fingerprint density at radius 1 is 1.00 bits per heavy atom. The molecule has 34 heavy (non-hydrogen) atoms. The second-order valence-corrected chi connectivity index (χ2v) is 7.65. The molecule has 0 bridgehead atoms. The first kappa shape index (κ1) is 21.9. The predicted molar refractivity (Wildman–Crippen MR) is 110 cm³/mol. The monoisotopic (exact) mass is 475 g/mol. The van der Waals surface area contributed by atoms with Gasteiger partial charge in [-0.2, -0.15) is 19.0 Å². The molecular formula is C22H17F4N5O3. The summed E-state index contributed by atoms with van der Waals surface area (Å²) in [7, 11) is 2.86. The predicted octanol–water partition coefficient (Wildman–Crippen LogP) is 4.51. The molecule has 0 saturated heterocycles. The average Bonchev–Trinajstić information content (AvgIpc) is 3.53. The number of alkyl halides is 3. The molecule has 1 aliphatic carbocycles. The van der Waals surface area contributed by atoms with Crippen LogP contribution in [0.25, 0.3) is 16.9 Å². The maximum atomic E-state index is 14.5. The van der Waals surface area contributed by atoms with E-state index >= 15 is 0 Å². The third-order valence-electron chi connectivity index (χ3n) is 5.57. The van der Waals surface area contributed by atoms with Crippen molar-refractivity contribution in [3.63, 3.8) is 0 Å². The first-order valence-electron chi connectivity index (χ1n) is 10.1. The van der Waals surface area contributed by atoms with Gasteiger partial charge >= 0.3 is 12.4 Å². The third-order valence-corrected chi connectivity index (χ3v) is 5.57. The van der Waals surface area contributed by atoms with Crippen LogP contribution in [0.4, 0.5) is 17.6 Å². The third kappa shape index (κ3) is 4.06. The Hall–Kier alpha value is -3.96. The fourth-order valence-corrected chi connectivity index (χ4v) is 3.97. The van der Waals surface area contributed by atoms with Crippen molar-refractivity contribution in [2.75, 3.05) is 14.2 Å². The van der Waals surface area contributed by atoms with Crippen LogP contribution in [0.1, 0.15) is 29.4 Å². The van der Waals surface area contributed by atoms with Gasteiger partial charge in [-0.1, -0.05) is 12.1 Å². The van der Waals surface area contributed by atoms with Gasteiger partial charge in [-0.25, -0.2) is 9.97 Å². The summed E-state index contributed by atoms with van der Waals surface area (Å²) in [6.07, 6.45) is -1.48. The van der Waals surface area contributed by atoms with E-state index < -0.39 is 12.3 Å². The maximum absolute atomic E-state index is 14.5. The summed E-state index contributed by atoms with van der Waals surface area (Å²) in [5.74, 6) is -0.738. The molecule has 0 radical (unpaired) electrons. The highest BCUT2D eigenvalue weighted by atomic mass is 19.4. The zero-order chi connectivity index (χ0) is 24.0. The van der Waals surface area contributed by atoms with Crippen molar-refractivity contribution < 1.29 is 31.8 Å². The summed E-state index contributed by atoms with van der Waals surface area (Å²) in [5.41, 5.74) is 2.75. The fraction of sp³-hybridized carbons (Fsp3) is 0.273. The van der Waals surface area contributed by atoms with Crippen LogP contribution in [0.5, 0.6) is 17.6 Å². The molecular weight excluding hydrogens is 458 g/mol. The molecule has 0 aliphatic heterocycles. The lowest BCUT2D eigenvalue weighted by Crippen LogP contribution is -2.17. The van der Waals surface area contributed by atoms with Crippen molar-refractivity contribution in [3.05, 3.63) is 59.8 Å². The normalized spacial score (nSPS) is 17.6. The standard InChI is InChI=1S/C22H17F4N5O3/c1-32-20-16(9-28-21(29-20)33-2)17-8-15(19-27-10-18(23)31(19)30-17)14-7-13(14)11-3-5-12(6-4-11)34-22(24,25)26/h3-6,8-10,13-14H,7H2,1-2H3/t13?,14-/m0/s1. The first-order chi connectivity index (χ1) is 16.3. The number of nitrogens with zero attached hydrogens (tertiary/aromatic N) is 5. The Morgan fingerprint density at radius 3 is 2.44 bits per heavy atom. The van der Waals surface area contributed by atoms with Crippen LogP contribution in [0, 0.1) is 5.95 Å². The van der Waals surface area contributed by atoms with Gasteiger partial charge in [0.15, 0.2) is 5.65 Å². The number of hydrogen-bond acceptors (Lipinski definition) is 7. The second kappa shape index (κ2) is 8.12. The molecule has 1 unspecified atom stereocenters. The zero-order valence-electron chi connectivity index (χ0n) is 17.9. The van der Waals surface area contributed by atoms with Crippen LogP contribution in [-0.2, 0) is 0 Å². The van der Waals surface area contributed by atoms with E-state index in [-0.39, 0.29) is 29.5 Å². The van der Waals surface area contributed by atoms with E-state index in [0.717, 1.165) is 21.8 Å². The summed E-state index contributed by atoms with van der Waals surface area (Å²) >= 11 is 0. The van der Waals surface area contributed by atoms with Gasteiger partial charge in [0.1, 0.15) is 5.75 Å². The molecule has 5 rings (SSSR count). The quantitative estimate of drug-likeness (QED) is 0.380. The summed E-state index contributed by atoms with van der Waals surface area (Å²) < 4.78 is 67.1. The van der Waals surface area contributed by atoms with Crippen molar-refractivity contribution in [1.29, 1.82) is 0 Å². The van der Waals surface area contributed by atoms with Gasteiger partial charge in [-0.3, -0.25) is 0 Å². The highest BCUT2D eigenvalue weighted by molar-refractivity contribution is 5.68. The molecule has 8 nitrogen and oxygen atoms in total. The minimum atomic E-state index is -4.75. The van der Waals surface area contributed by atoms with Gasteiger partial charge in [-0.05, 0) is 42.0 Å². The molecule has 1 aliphatic rings. The molecule has 3 heterocycles. The Bertz CT molecular complexity index is 1360. The summed E-state index contributed by atoms with van der Waals surface area (Å²) in [6.45, 7) is 0. The summed E-state index contributed by atoms with van der Waals surface area (Å²) in [5, 5.41) is 4.34. The lowest BCUT2D eigenvalue weighted by molar-refractivity contribution is -0.274. The number of hydrogen-bond donors (Lipinski definition) is 0. The van der Waals surface area contributed by atoms with Crippen LogP contribution in [0.3, 0.4) is 0 Å². The molecule has 3 aromatic heterocycles. The summed E-state index contributed by atoms with van der Waals surface area (Å²) in [4.78, 5) is 12.4. The number of methoxy groups -OCH3 is 2. The fourth-order valence-electron chi connectivity index (χ4n) is 3.97. The van der Waals surface area contributed by atoms with Crippen molar-refractivity contribution in [2.45, 2.75) is 24.6 Å². The molecule has 1 saturated carbocycles. The van der Waals surface area contributed by atoms with Crippen molar-refractivity contribution >= 4 is 5.65 Å². The Kier molecular flexibility index (Phi) is 5.22. The van der Waals surface area contributed by atoms with Crippen molar-refractivity contribution in [3.8, 4) is 28.9 Å². The van der Waals surface area contributed by atoms with Crippen LogP contribution in [0.2, 0.25) is 0 Å². The van der Waals surface area contributed by atoms with Crippen LogP contribution in [-0.4, -0.2) is 45.1 Å². The molecule has 0 spiro atoms. The minimum absolute atomic E-state index is 0.0211. The van der Waals surface area contributed by atoms with Crippen molar-refractivity contribution in [1.82, 2.24) is 24.6 Å². The number of ether oxygens (including phenoxy) is 3. The number of benzene rings is 1. The molecule has 176 valence electrons. The number of aromatic nitrogens is 5. The molecule has 0 amide bonds. The smallest absolute Gasteiger partial charge is 0.480 e. The molecule has 1 aromatic carbocycles. The zero-order valence-corrected chi connectivity index (χ0v) is 17.9. The molecule has 4 aromatic rings. The van der Waals surface area contributed by atoms with E-state index in [1.807, 2.05) is 0 Å². The average molecular weight is 475 g/mol. The highest BCUT2D eigenvalue weighted by Crippen LogP contribution is 2.56. The van der Waals surface area contributed by atoms with Gasteiger partial charge in [0, 0.05) is 11.8 Å². The van der Waals surface area contributed by atoms with E-state index in [4.69, 9.17) is 9.47 Å². The Labute approximate surface area is 190 Å². The molecule has 1 fully saturated rings. The van der Waals surface area contributed by atoms with Gasteiger partial charge in [-0.15, -0.1) is 13.2 Å². The second-order valence-electron chi connectivity index (χ2n) is 7.65. The first-order valence-corrected chi connectivity index (χ1v) is 10.1.